The molecular formula is C18H15FN4O4. The molecule has 0 spiro atoms. The number of carbonyl (C=O) groups excluding carboxylic acids is 1. The van der Waals surface area contributed by atoms with E-state index >= 15 is 0 Å². The van der Waals surface area contributed by atoms with Gasteiger partial charge in [-0.2, -0.15) is 5.10 Å². The SMILES string of the molecule is COc1ccc(C(=O)Nc2cnn(Cc3ccccc3F)c2)cc1[N+](=O)[O-]. The lowest BCUT2D eigenvalue weighted by Crippen LogP contribution is -2.12. The third-order valence-electron chi connectivity index (χ3n) is 3.82. The van der Waals surface area contributed by atoms with E-state index in [1.54, 1.807) is 24.4 Å². The van der Waals surface area contributed by atoms with Crippen LogP contribution >= 0.6 is 0 Å². The molecule has 1 aromatic heterocycles. The van der Waals surface area contributed by atoms with Crippen molar-refractivity contribution in [1.29, 1.82) is 0 Å². The summed E-state index contributed by atoms with van der Waals surface area (Å²) in [4.78, 5) is 22.8. The smallest absolute Gasteiger partial charge is 0.311 e. The fraction of sp³-hybridized carbons (Fsp3) is 0.111. The van der Waals surface area contributed by atoms with Crippen molar-refractivity contribution in [3.8, 4) is 5.75 Å². The van der Waals surface area contributed by atoms with Gasteiger partial charge in [0, 0.05) is 23.4 Å². The Morgan fingerprint density at radius 1 is 1.33 bits per heavy atom. The minimum Gasteiger partial charge on any atom is -0.490 e. The molecule has 27 heavy (non-hydrogen) atoms. The summed E-state index contributed by atoms with van der Waals surface area (Å²) < 4.78 is 20.1. The van der Waals surface area contributed by atoms with Crippen molar-refractivity contribution in [3.05, 3.63) is 81.9 Å². The van der Waals surface area contributed by atoms with E-state index in [9.17, 15) is 19.3 Å². The van der Waals surface area contributed by atoms with E-state index in [4.69, 9.17) is 4.74 Å². The highest BCUT2D eigenvalue weighted by molar-refractivity contribution is 6.04. The number of ether oxygens (including phenoxy) is 1. The van der Waals surface area contributed by atoms with Crippen molar-refractivity contribution >= 4 is 17.3 Å². The maximum Gasteiger partial charge on any atom is 0.311 e. The van der Waals surface area contributed by atoms with Crippen LogP contribution in [0.15, 0.2) is 54.9 Å². The first-order valence-corrected chi connectivity index (χ1v) is 7.87. The zero-order chi connectivity index (χ0) is 19.4. The molecule has 3 rings (SSSR count). The van der Waals surface area contributed by atoms with Gasteiger partial charge in [0.25, 0.3) is 5.91 Å². The molecule has 0 saturated heterocycles. The second-order valence-corrected chi connectivity index (χ2v) is 5.62. The maximum atomic E-state index is 13.7. The number of anilines is 1. The van der Waals surface area contributed by atoms with Crippen LogP contribution in [0.1, 0.15) is 15.9 Å². The van der Waals surface area contributed by atoms with E-state index in [1.165, 1.54) is 36.2 Å². The molecule has 0 saturated carbocycles. The van der Waals surface area contributed by atoms with Crippen LogP contribution in [-0.2, 0) is 6.54 Å². The second kappa shape index (κ2) is 7.65. The summed E-state index contributed by atoms with van der Waals surface area (Å²) in [5.74, 6) is -0.815. The van der Waals surface area contributed by atoms with Gasteiger partial charge in [0.2, 0.25) is 0 Å². The van der Waals surface area contributed by atoms with Crippen LogP contribution in [0.3, 0.4) is 0 Å². The molecule has 2 aromatic carbocycles. The van der Waals surface area contributed by atoms with Crippen LogP contribution in [0, 0.1) is 15.9 Å². The number of aromatic nitrogens is 2. The first kappa shape index (κ1) is 18.1. The molecule has 0 unspecified atom stereocenters. The first-order chi connectivity index (χ1) is 13.0. The molecule has 0 atom stereocenters. The summed E-state index contributed by atoms with van der Waals surface area (Å²) in [6.45, 7) is 0.205. The molecule has 0 aliphatic carbocycles. The standard InChI is InChI=1S/C18H15FN4O4/c1-27-17-7-6-12(8-16(17)23(25)26)18(24)21-14-9-20-22(11-14)10-13-4-2-3-5-15(13)19/h2-9,11H,10H2,1H3,(H,21,24). The van der Waals surface area contributed by atoms with Gasteiger partial charge in [-0.1, -0.05) is 18.2 Å². The number of rotatable bonds is 6. The number of methoxy groups -OCH3 is 1. The van der Waals surface area contributed by atoms with Gasteiger partial charge in [0.15, 0.2) is 5.75 Å². The maximum absolute atomic E-state index is 13.7. The van der Waals surface area contributed by atoms with Crippen LogP contribution in [-0.4, -0.2) is 27.7 Å². The predicted octanol–water partition coefficient (Wildman–Crippen LogP) is 3.24. The Balaban J connectivity index is 1.74. The summed E-state index contributed by atoms with van der Waals surface area (Å²) in [7, 11) is 1.31. The van der Waals surface area contributed by atoms with Crippen molar-refractivity contribution < 1.29 is 18.8 Å². The molecular weight excluding hydrogens is 355 g/mol. The molecule has 0 radical (unpaired) electrons. The average molecular weight is 370 g/mol. The zero-order valence-electron chi connectivity index (χ0n) is 14.3. The number of nitrogens with one attached hydrogen (secondary N) is 1. The monoisotopic (exact) mass is 370 g/mol. The Hall–Kier alpha value is -3.75. The second-order valence-electron chi connectivity index (χ2n) is 5.62. The molecule has 1 N–H and O–H groups in total. The third kappa shape index (κ3) is 4.09. The molecule has 138 valence electrons. The number of hydrogen-bond donors (Lipinski definition) is 1. The zero-order valence-corrected chi connectivity index (χ0v) is 14.3. The third-order valence-corrected chi connectivity index (χ3v) is 3.82. The lowest BCUT2D eigenvalue weighted by Gasteiger charge is -2.05. The molecule has 1 heterocycles. The minimum absolute atomic E-state index is 0.0641. The number of halogens is 1. The van der Waals surface area contributed by atoms with E-state index in [1.807, 2.05) is 0 Å². The summed E-state index contributed by atoms with van der Waals surface area (Å²) >= 11 is 0. The number of benzene rings is 2. The molecule has 9 heteroatoms. The fourth-order valence-corrected chi connectivity index (χ4v) is 2.49. The summed E-state index contributed by atoms with van der Waals surface area (Å²) in [5.41, 5.74) is 0.642. The van der Waals surface area contributed by atoms with E-state index in [0.717, 1.165) is 6.07 Å². The quantitative estimate of drug-likeness (QED) is 0.530. The number of nitrogens with zero attached hydrogens (tertiary/aromatic N) is 3. The lowest BCUT2D eigenvalue weighted by atomic mass is 10.1. The Labute approximate surface area is 153 Å². The van der Waals surface area contributed by atoms with Crippen LogP contribution in [0.5, 0.6) is 5.75 Å². The largest absolute Gasteiger partial charge is 0.490 e. The topological polar surface area (TPSA) is 99.3 Å². The van der Waals surface area contributed by atoms with Crippen molar-refractivity contribution in [3.63, 3.8) is 0 Å². The molecule has 3 aromatic rings. The highest BCUT2D eigenvalue weighted by Crippen LogP contribution is 2.27. The van der Waals surface area contributed by atoms with Gasteiger partial charge in [-0.05, 0) is 18.2 Å². The van der Waals surface area contributed by atoms with Crippen LogP contribution in [0.25, 0.3) is 0 Å². The number of carbonyl (C=O) groups is 1. The van der Waals surface area contributed by atoms with Gasteiger partial charge < -0.3 is 10.1 Å². The highest BCUT2D eigenvalue weighted by atomic mass is 19.1. The lowest BCUT2D eigenvalue weighted by molar-refractivity contribution is -0.385. The summed E-state index contributed by atoms with van der Waals surface area (Å²) in [6.07, 6.45) is 2.96. The normalized spacial score (nSPS) is 10.4. The number of nitro benzene ring substituents is 1. The molecule has 8 nitrogen and oxygen atoms in total. The van der Waals surface area contributed by atoms with E-state index in [2.05, 4.69) is 10.4 Å². The van der Waals surface area contributed by atoms with Crippen molar-refractivity contribution in [1.82, 2.24) is 9.78 Å². The average Bonchev–Trinajstić information content (AvgIpc) is 3.09. The molecule has 1 amide bonds. The molecule has 0 bridgehead atoms. The van der Waals surface area contributed by atoms with Gasteiger partial charge in [0.1, 0.15) is 5.82 Å². The summed E-state index contributed by atoms with van der Waals surface area (Å²) in [5, 5.41) is 17.8. The predicted molar refractivity (Wildman–Crippen MR) is 95.3 cm³/mol. The Kier molecular flexibility index (Phi) is 5.11. The van der Waals surface area contributed by atoms with Crippen LogP contribution in [0.4, 0.5) is 15.8 Å². The van der Waals surface area contributed by atoms with Gasteiger partial charge in [-0.15, -0.1) is 0 Å². The van der Waals surface area contributed by atoms with Gasteiger partial charge in [0.05, 0.1) is 30.5 Å². The Morgan fingerprint density at radius 2 is 2.11 bits per heavy atom. The number of nitro groups is 1. The van der Waals surface area contributed by atoms with E-state index in [-0.39, 0.29) is 29.4 Å². The van der Waals surface area contributed by atoms with Gasteiger partial charge in [-0.3, -0.25) is 19.6 Å². The Bertz CT molecular complexity index is 1000. The molecule has 0 aliphatic heterocycles. The molecule has 0 fully saturated rings. The van der Waals surface area contributed by atoms with Gasteiger partial charge >= 0.3 is 5.69 Å². The fourth-order valence-electron chi connectivity index (χ4n) is 2.49. The Morgan fingerprint density at radius 3 is 2.81 bits per heavy atom. The van der Waals surface area contributed by atoms with Crippen molar-refractivity contribution in [2.45, 2.75) is 6.54 Å². The summed E-state index contributed by atoms with van der Waals surface area (Å²) in [6, 6.07) is 10.2. The number of amides is 1. The van der Waals surface area contributed by atoms with Crippen LogP contribution in [0.2, 0.25) is 0 Å². The highest BCUT2D eigenvalue weighted by Gasteiger charge is 2.18. The van der Waals surface area contributed by atoms with Crippen molar-refractivity contribution in [2.24, 2.45) is 0 Å². The molecule has 0 aliphatic rings. The van der Waals surface area contributed by atoms with Gasteiger partial charge in [-0.25, -0.2) is 4.39 Å². The van der Waals surface area contributed by atoms with E-state index in [0.29, 0.717) is 11.3 Å². The van der Waals surface area contributed by atoms with Crippen molar-refractivity contribution in [2.75, 3.05) is 12.4 Å². The van der Waals surface area contributed by atoms with Crippen LogP contribution < -0.4 is 10.1 Å². The first-order valence-electron chi connectivity index (χ1n) is 7.87. The number of hydrogen-bond acceptors (Lipinski definition) is 5. The van der Waals surface area contributed by atoms with E-state index < -0.39 is 10.8 Å². The minimum atomic E-state index is -0.623.